The summed E-state index contributed by atoms with van der Waals surface area (Å²) in [6, 6.07) is 9.74. The lowest BCUT2D eigenvalue weighted by atomic mass is 10.2. The van der Waals surface area contributed by atoms with Gasteiger partial charge in [0.2, 0.25) is 5.96 Å². The summed E-state index contributed by atoms with van der Waals surface area (Å²) in [6.07, 6.45) is 3.43. The summed E-state index contributed by atoms with van der Waals surface area (Å²) in [6.45, 7) is 0. The molecule has 0 unspecified atom stereocenters. The number of guanidine groups is 1. The monoisotopic (exact) mass is 269 g/mol. The Morgan fingerprint density at radius 1 is 1.40 bits per heavy atom. The quantitative estimate of drug-likeness (QED) is 0.643. The van der Waals surface area contributed by atoms with Crippen LogP contribution in [0.5, 0.6) is 0 Å². The number of rotatable bonds is 4. The Bertz CT molecular complexity index is 589. The van der Waals surface area contributed by atoms with Crippen molar-refractivity contribution in [1.82, 2.24) is 5.32 Å². The molecular weight excluding hydrogens is 254 g/mol. The number of benzene rings is 1. The zero-order valence-corrected chi connectivity index (χ0v) is 11.1. The van der Waals surface area contributed by atoms with Gasteiger partial charge >= 0.3 is 0 Å². The van der Waals surface area contributed by atoms with Crippen molar-refractivity contribution in [2.75, 3.05) is 11.9 Å². The number of nitrogens with one attached hydrogen (secondary N) is 2. The second-order valence-electron chi connectivity index (χ2n) is 4.11. The van der Waals surface area contributed by atoms with Crippen LogP contribution >= 0.6 is 0 Å². The summed E-state index contributed by atoms with van der Waals surface area (Å²) >= 11 is 0. The minimum atomic E-state index is 0.144. The van der Waals surface area contributed by atoms with Crippen LogP contribution in [0.2, 0.25) is 0 Å². The van der Waals surface area contributed by atoms with Gasteiger partial charge in [0, 0.05) is 30.9 Å². The highest BCUT2D eigenvalue weighted by Gasteiger charge is 2.14. The molecule has 20 heavy (non-hydrogen) atoms. The molecule has 1 aliphatic rings. The third-order valence-corrected chi connectivity index (χ3v) is 2.84. The second-order valence-corrected chi connectivity index (χ2v) is 4.11. The first-order valence-corrected chi connectivity index (χ1v) is 6.09. The summed E-state index contributed by atoms with van der Waals surface area (Å²) in [4.78, 5) is 20.7. The van der Waals surface area contributed by atoms with Crippen molar-refractivity contribution < 1.29 is 4.79 Å². The molecule has 0 saturated heterocycles. The minimum Gasteiger partial charge on any atom is -0.315 e. The van der Waals surface area contributed by atoms with Gasteiger partial charge in [0.05, 0.1) is 0 Å². The minimum absolute atomic E-state index is 0.144. The lowest BCUT2D eigenvalue weighted by molar-refractivity contribution is -0.107. The first-order chi connectivity index (χ1) is 9.76. The molecule has 0 fully saturated rings. The molecule has 1 aromatic carbocycles. The molecule has 0 aliphatic carbocycles. The van der Waals surface area contributed by atoms with E-state index in [4.69, 9.17) is 5.41 Å². The van der Waals surface area contributed by atoms with E-state index in [9.17, 15) is 4.79 Å². The zero-order chi connectivity index (χ0) is 14.4. The summed E-state index contributed by atoms with van der Waals surface area (Å²) in [7, 11) is 1.88. The predicted molar refractivity (Wildman–Crippen MR) is 80.4 cm³/mol. The van der Waals surface area contributed by atoms with Crippen LogP contribution in [-0.4, -0.2) is 31.8 Å². The molecule has 0 aromatic heterocycles. The first-order valence-electron chi connectivity index (χ1n) is 6.09. The standard InChI is InChI=1S/C14H15N5O/c1-19(12-5-3-2-4-6-12)14-17-10-16-13(18-14)11(9-15)7-8-20/h2-6,8-10,15H,7H2,1H3,(H,16,17,18)/b13-11-,15-9?. The van der Waals surface area contributed by atoms with Crippen LogP contribution < -0.4 is 10.2 Å². The summed E-state index contributed by atoms with van der Waals surface area (Å²) in [5.74, 6) is 1.06. The second kappa shape index (κ2) is 6.42. The van der Waals surface area contributed by atoms with Gasteiger partial charge in [-0.25, -0.2) is 9.98 Å². The van der Waals surface area contributed by atoms with Crippen LogP contribution in [0.1, 0.15) is 6.42 Å². The van der Waals surface area contributed by atoms with Gasteiger partial charge in [0.25, 0.3) is 0 Å². The number of hydrogen-bond donors (Lipinski definition) is 2. The van der Waals surface area contributed by atoms with Gasteiger partial charge in [-0.1, -0.05) is 18.2 Å². The van der Waals surface area contributed by atoms with Gasteiger partial charge in [-0.15, -0.1) is 0 Å². The van der Waals surface area contributed by atoms with Crippen molar-refractivity contribution in [3.8, 4) is 0 Å². The molecule has 2 rings (SSSR count). The van der Waals surface area contributed by atoms with Crippen molar-refractivity contribution in [1.29, 1.82) is 5.41 Å². The van der Waals surface area contributed by atoms with Crippen LogP contribution in [0.4, 0.5) is 5.69 Å². The van der Waals surface area contributed by atoms with Crippen molar-refractivity contribution in [3.63, 3.8) is 0 Å². The smallest absolute Gasteiger partial charge is 0.210 e. The molecule has 6 heteroatoms. The number of carbonyl (C=O) groups is 1. The van der Waals surface area contributed by atoms with Crippen molar-refractivity contribution in [2.45, 2.75) is 6.42 Å². The Labute approximate surface area is 117 Å². The molecule has 2 N–H and O–H groups in total. The summed E-state index contributed by atoms with van der Waals surface area (Å²) in [5.41, 5.74) is 1.49. The van der Waals surface area contributed by atoms with E-state index in [0.717, 1.165) is 18.2 Å². The van der Waals surface area contributed by atoms with Gasteiger partial charge in [0.1, 0.15) is 18.4 Å². The van der Waals surface area contributed by atoms with E-state index in [2.05, 4.69) is 15.3 Å². The molecule has 1 aliphatic heterocycles. The van der Waals surface area contributed by atoms with E-state index in [1.54, 1.807) is 0 Å². The zero-order valence-electron chi connectivity index (χ0n) is 11.1. The Hall–Kier alpha value is -2.76. The van der Waals surface area contributed by atoms with Crippen molar-refractivity contribution in [3.05, 3.63) is 41.7 Å². The third kappa shape index (κ3) is 2.97. The van der Waals surface area contributed by atoms with Crippen molar-refractivity contribution in [2.24, 2.45) is 9.98 Å². The summed E-state index contributed by atoms with van der Waals surface area (Å²) < 4.78 is 0. The SMILES string of the molecule is CN(C1=NC=N/C(=C(/C=N)CC=O)N1)c1ccccc1. The normalized spacial score (nSPS) is 15.9. The molecular formula is C14H15N5O. The van der Waals surface area contributed by atoms with E-state index >= 15 is 0 Å². The lowest BCUT2D eigenvalue weighted by Gasteiger charge is -2.24. The van der Waals surface area contributed by atoms with Gasteiger partial charge in [-0.3, -0.25) is 0 Å². The molecule has 0 atom stereocenters. The highest BCUT2D eigenvalue weighted by molar-refractivity contribution is 6.02. The van der Waals surface area contributed by atoms with E-state index < -0.39 is 0 Å². The Balaban J connectivity index is 2.23. The molecule has 6 nitrogen and oxygen atoms in total. The fourth-order valence-electron chi connectivity index (χ4n) is 1.73. The van der Waals surface area contributed by atoms with Gasteiger partial charge in [-0.05, 0) is 12.1 Å². The van der Waals surface area contributed by atoms with E-state index in [0.29, 0.717) is 17.4 Å². The molecule has 0 radical (unpaired) electrons. The number of allylic oxidation sites excluding steroid dienone is 1. The molecule has 102 valence electrons. The number of carbonyl (C=O) groups excluding carboxylic acids is 1. The number of para-hydroxylation sites is 1. The highest BCUT2D eigenvalue weighted by Crippen LogP contribution is 2.14. The predicted octanol–water partition coefficient (Wildman–Crippen LogP) is 1.56. The fourth-order valence-corrected chi connectivity index (χ4v) is 1.73. The number of anilines is 1. The van der Waals surface area contributed by atoms with Crippen LogP contribution in [0.25, 0.3) is 0 Å². The van der Waals surface area contributed by atoms with Gasteiger partial charge in [-0.2, -0.15) is 0 Å². The molecule has 1 aromatic rings. The largest absolute Gasteiger partial charge is 0.315 e. The maximum atomic E-state index is 10.6. The average Bonchev–Trinajstić information content (AvgIpc) is 2.53. The van der Waals surface area contributed by atoms with Crippen LogP contribution in [0, 0.1) is 5.41 Å². The Morgan fingerprint density at radius 2 is 2.15 bits per heavy atom. The van der Waals surface area contributed by atoms with Gasteiger partial charge < -0.3 is 20.4 Å². The molecule has 1 heterocycles. The van der Waals surface area contributed by atoms with Crippen LogP contribution in [0.3, 0.4) is 0 Å². The number of nitrogens with zero attached hydrogens (tertiary/aromatic N) is 3. The van der Waals surface area contributed by atoms with Gasteiger partial charge in [0.15, 0.2) is 0 Å². The Morgan fingerprint density at radius 3 is 2.80 bits per heavy atom. The lowest BCUT2D eigenvalue weighted by Crippen LogP contribution is -2.40. The Kier molecular flexibility index (Phi) is 4.39. The number of aldehydes is 1. The average molecular weight is 269 g/mol. The molecule has 0 saturated carbocycles. The maximum Gasteiger partial charge on any atom is 0.210 e. The van der Waals surface area contributed by atoms with Crippen molar-refractivity contribution >= 4 is 30.5 Å². The van der Waals surface area contributed by atoms with Crippen LogP contribution in [0.15, 0.2) is 51.7 Å². The fraction of sp³-hybridized carbons (Fsp3) is 0.143. The first kappa shape index (κ1) is 13.7. The highest BCUT2D eigenvalue weighted by atomic mass is 16.1. The molecule has 0 spiro atoms. The number of hydrogen-bond acceptors (Lipinski definition) is 6. The summed E-state index contributed by atoms with van der Waals surface area (Å²) in [5, 5.41) is 10.4. The van der Waals surface area contributed by atoms with E-state index in [1.807, 2.05) is 42.3 Å². The maximum absolute atomic E-state index is 10.6. The van der Waals surface area contributed by atoms with Crippen LogP contribution in [-0.2, 0) is 4.79 Å². The molecule has 0 amide bonds. The number of aliphatic imine (C=N–C) groups is 2. The van der Waals surface area contributed by atoms with E-state index in [-0.39, 0.29) is 6.42 Å². The van der Waals surface area contributed by atoms with E-state index in [1.165, 1.54) is 6.34 Å². The third-order valence-electron chi connectivity index (χ3n) is 2.84. The molecule has 0 bridgehead atoms. The topological polar surface area (TPSA) is 80.9 Å².